The third-order valence-electron chi connectivity index (χ3n) is 3.88. The minimum Gasteiger partial charge on any atom is -0.481 e. The highest BCUT2D eigenvalue weighted by atomic mass is 127. The predicted octanol–water partition coefficient (Wildman–Crippen LogP) is 5.34. The molecule has 0 saturated heterocycles. The molecule has 0 bridgehead atoms. The molecule has 3 N–H and O–H groups in total. The van der Waals surface area contributed by atoms with Gasteiger partial charge in [-0.25, -0.2) is 8.78 Å². The quantitative estimate of drug-likeness (QED) is 0.307. The number of carbonyl (C=O) groups is 2. The Morgan fingerprint density at radius 2 is 1.86 bits per heavy atom. The second kappa shape index (κ2) is 10.6. The summed E-state index contributed by atoms with van der Waals surface area (Å²) in [4.78, 5) is 22.9. The first-order valence-corrected chi connectivity index (χ1v) is 9.95. The average molecular weight is 523 g/mol. The fourth-order valence-electron chi connectivity index (χ4n) is 2.46. The fraction of sp³-hybridized carbons (Fsp3) is 0.263. The van der Waals surface area contributed by atoms with Crippen LogP contribution in [0.5, 0.6) is 0 Å². The van der Waals surface area contributed by atoms with E-state index < -0.39 is 23.5 Å². The van der Waals surface area contributed by atoms with E-state index >= 15 is 0 Å². The number of nitrogens with one attached hydrogen (secondary N) is 2. The highest BCUT2D eigenvalue weighted by molar-refractivity contribution is 14.1. The fourth-order valence-corrected chi connectivity index (χ4v) is 3.37. The first-order valence-electron chi connectivity index (χ1n) is 8.49. The molecule has 0 aromatic heterocycles. The van der Waals surface area contributed by atoms with Crippen LogP contribution in [0.1, 0.15) is 36.0 Å². The molecule has 28 heavy (non-hydrogen) atoms. The topological polar surface area (TPSA) is 78.4 Å². The molecule has 5 nitrogen and oxygen atoms in total. The first kappa shape index (κ1) is 22.4. The molecule has 0 heterocycles. The Labute approximate surface area is 179 Å². The Morgan fingerprint density at radius 1 is 1.11 bits per heavy atom. The summed E-state index contributed by atoms with van der Waals surface area (Å²) in [5.41, 5.74) is -0.0140. The number of benzene rings is 2. The van der Waals surface area contributed by atoms with Gasteiger partial charge in [0.25, 0.3) is 5.91 Å². The lowest BCUT2D eigenvalue weighted by atomic mass is 10.1. The lowest BCUT2D eigenvalue weighted by Gasteiger charge is -2.15. The minimum absolute atomic E-state index is 0.0564. The van der Waals surface area contributed by atoms with Gasteiger partial charge in [-0.1, -0.05) is 18.0 Å². The van der Waals surface area contributed by atoms with E-state index in [9.17, 15) is 18.4 Å². The van der Waals surface area contributed by atoms with Gasteiger partial charge in [-0.3, -0.25) is 9.59 Å². The van der Waals surface area contributed by atoms with Crippen LogP contribution in [-0.4, -0.2) is 23.5 Å². The summed E-state index contributed by atoms with van der Waals surface area (Å²) < 4.78 is 29.0. The van der Waals surface area contributed by atoms with E-state index in [4.69, 9.17) is 16.7 Å². The smallest absolute Gasteiger partial charge is 0.303 e. The van der Waals surface area contributed by atoms with Gasteiger partial charge >= 0.3 is 5.97 Å². The summed E-state index contributed by atoms with van der Waals surface area (Å²) in [7, 11) is 0. The molecule has 0 radical (unpaired) electrons. The van der Waals surface area contributed by atoms with Crippen molar-refractivity contribution in [2.24, 2.45) is 0 Å². The largest absolute Gasteiger partial charge is 0.481 e. The number of rotatable bonds is 9. The van der Waals surface area contributed by atoms with Crippen LogP contribution in [0.4, 0.5) is 20.2 Å². The molecule has 0 spiro atoms. The highest BCUT2D eigenvalue weighted by Crippen LogP contribution is 2.31. The summed E-state index contributed by atoms with van der Waals surface area (Å²) in [6, 6.07) is 7.08. The molecule has 2 aromatic carbocycles. The summed E-state index contributed by atoms with van der Waals surface area (Å²) in [6.07, 6.45) is 1.79. The average Bonchev–Trinajstić information content (AvgIpc) is 2.63. The maximum absolute atomic E-state index is 14.4. The van der Waals surface area contributed by atoms with Crippen LogP contribution >= 0.6 is 34.2 Å². The zero-order chi connectivity index (χ0) is 20.7. The molecule has 0 fully saturated rings. The molecule has 0 saturated carbocycles. The maximum atomic E-state index is 14.4. The van der Waals surface area contributed by atoms with Crippen molar-refractivity contribution in [1.82, 2.24) is 5.32 Å². The molecule has 0 aliphatic carbocycles. The van der Waals surface area contributed by atoms with Crippen molar-refractivity contribution in [3.05, 3.63) is 56.1 Å². The van der Waals surface area contributed by atoms with Gasteiger partial charge in [-0.15, -0.1) is 0 Å². The van der Waals surface area contributed by atoms with E-state index in [2.05, 4.69) is 33.2 Å². The maximum Gasteiger partial charge on any atom is 0.303 e. The van der Waals surface area contributed by atoms with Gasteiger partial charge in [-0.2, -0.15) is 0 Å². The molecule has 2 aromatic rings. The Morgan fingerprint density at radius 3 is 2.54 bits per heavy atom. The molecular weight excluding hydrogens is 505 g/mol. The summed E-state index contributed by atoms with van der Waals surface area (Å²) in [5.74, 6) is -3.70. The minimum atomic E-state index is -1.18. The van der Waals surface area contributed by atoms with E-state index in [1.54, 1.807) is 18.2 Å². The van der Waals surface area contributed by atoms with Gasteiger partial charge in [0.15, 0.2) is 11.6 Å². The standard InChI is InChI=1S/C19H18ClF2IN2O3/c20-13-10-11(23)5-8-15(13)25-18-12(6-7-14(21)17(18)22)19(28)24-9-3-1-2-4-16(26)27/h5-8,10,25H,1-4,9H2,(H,24,28)(H,26,27). The van der Waals surface area contributed by atoms with Crippen molar-refractivity contribution in [1.29, 1.82) is 0 Å². The number of halogens is 4. The summed E-state index contributed by atoms with van der Waals surface area (Å²) >= 11 is 8.20. The number of unbranched alkanes of at least 4 members (excludes halogenated alkanes) is 2. The Hall–Kier alpha value is -1.94. The van der Waals surface area contributed by atoms with Crippen molar-refractivity contribution < 1.29 is 23.5 Å². The van der Waals surface area contributed by atoms with Crippen LogP contribution in [0.3, 0.4) is 0 Å². The van der Waals surface area contributed by atoms with Gasteiger partial charge in [0.2, 0.25) is 0 Å². The van der Waals surface area contributed by atoms with E-state index in [-0.39, 0.29) is 17.7 Å². The molecular formula is C19H18ClF2IN2O3. The van der Waals surface area contributed by atoms with Crippen molar-refractivity contribution in [2.45, 2.75) is 25.7 Å². The van der Waals surface area contributed by atoms with E-state index in [1.165, 1.54) is 6.07 Å². The van der Waals surface area contributed by atoms with Crippen molar-refractivity contribution >= 4 is 57.4 Å². The number of hydrogen-bond acceptors (Lipinski definition) is 3. The number of amides is 1. The second-order valence-electron chi connectivity index (χ2n) is 5.99. The molecule has 0 atom stereocenters. The van der Waals surface area contributed by atoms with Crippen LogP contribution in [0, 0.1) is 15.2 Å². The van der Waals surface area contributed by atoms with Gasteiger partial charge in [0.05, 0.1) is 22.0 Å². The third-order valence-corrected chi connectivity index (χ3v) is 4.87. The van der Waals surface area contributed by atoms with E-state index in [1.807, 2.05) is 0 Å². The Bertz CT molecular complexity index is 880. The number of anilines is 2. The van der Waals surface area contributed by atoms with Crippen molar-refractivity contribution in [2.75, 3.05) is 11.9 Å². The Kier molecular flexibility index (Phi) is 8.43. The lowest BCUT2D eigenvalue weighted by molar-refractivity contribution is -0.137. The summed E-state index contributed by atoms with van der Waals surface area (Å²) in [5, 5.41) is 14.2. The molecule has 9 heteroatoms. The zero-order valence-electron chi connectivity index (χ0n) is 14.7. The molecule has 150 valence electrons. The highest BCUT2D eigenvalue weighted by Gasteiger charge is 2.19. The number of carboxylic acids is 1. The van der Waals surface area contributed by atoms with Crippen molar-refractivity contribution in [3.63, 3.8) is 0 Å². The van der Waals surface area contributed by atoms with Gasteiger partial charge in [0.1, 0.15) is 0 Å². The molecule has 0 aliphatic heterocycles. The van der Waals surface area contributed by atoms with E-state index in [0.29, 0.717) is 36.5 Å². The van der Waals surface area contributed by atoms with E-state index in [0.717, 1.165) is 9.64 Å². The number of carboxylic acid groups (broad SMARTS) is 1. The molecule has 0 unspecified atom stereocenters. The first-order chi connectivity index (χ1) is 13.3. The monoisotopic (exact) mass is 522 g/mol. The van der Waals surface area contributed by atoms with Crippen LogP contribution in [0.25, 0.3) is 0 Å². The number of carbonyl (C=O) groups excluding carboxylic acids is 1. The molecule has 1 amide bonds. The number of aliphatic carboxylic acids is 1. The zero-order valence-corrected chi connectivity index (χ0v) is 17.6. The second-order valence-corrected chi connectivity index (χ2v) is 7.65. The van der Waals surface area contributed by atoms with Crippen molar-refractivity contribution in [3.8, 4) is 0 Å². The van der Waals surface area contributed by atoms with Gasteiger partial charge in [-0.05, 0) is 65.8 Å². The predicted molar refractivity (Wildman–Crippen MR) is 112 cm³/mol. The lowest BCUT2D eigenvalue weighted by Crippen LogP contribution is -2.25. The third kappa shape index (κ3) is 6.30. The van der Waals surface area contributed by atoms with Gasteiger partial charge < -0.3 is 15.7 Å². The van der Waals surface area contributed by atoms with Crippen LogP contribution in [0.15, 0.2) is 30.3 Å². The molecule has 0 aliphatic rings. The van der Waals surface area contributed by atoms with Crippen LogP contribution in [0.2, 0.25) is 5.02 Å². The van der Waals surface area contributed by atoms with Crippen LogP contribution < -0.4 is 10.6 Å². The van der Waals surface area contributed by atoms with Gasteiger partial charge in [0, 0.05) is 16.5 Å². The number of hydrogen-bond donors (Lipinski definition) is 3. The molecule has 2 rings (SSSR count). The Balaban J connectivity index is 2.10. The van der Waals surface area contributed by atoms with Crippen LogP contribution in [-0.2, 0) is 4.79 Å². The summed E-state index contributed by atoms with van der Waals surface area (Å²) in [6.45, 7) is 0.293. The normalized spacial score (nSPS) is 10.6. The SMILES string of the molecule is O=C(O)CCCCCNC(=O)c1ccc(F)c(F)c1Nc1ccc(I)cc1Cl.